The van der Waals surface area contributed by atoms with Crippen molar-refractivity contribution >= 4 is 40.3 Å². The minimum absolute atomic E-state index is 0. The zero-order chi connectivity index (χ0) is 10.1. The third kappa shape index (κ3) is 3.27. The van der Waals surface area contributed by atoms with E-state index < -0.39 is 27.3 Å². The fourth-order valence-electron chi connectivity index (χ4n) is 0.873. The maximum atomic E-state index is 12.1. The average Bonchev–Trinajstić information content (AvgIpc) is 2.03. The van der Waals surface area contributed by atoms with Crippen molar-refractivity contribution in [3.05, 3.63) is 29.8 Å². The molecule has 2 nitrogen and oxygen atoms in total. The molecule has 0 aromatic heterocycles. The summed E-state index contributed by atoms with van der Waals surface area (Å²) in [6.45, 7) is 0. The monoisotopic (exact) mass is 234 g/mol. The van der Waals surface area contributed by atoms with Crippen molar-refractivity contribution in [3.8, 4) is 0 Å². The first-order valence-corrected chi connectivity index (χ1v) is 4.41. The van der Waals surface area contributed by atoms with E-state index in [-0.39, 0.29) is 29.6 Å². The van der Waals surface area contributed by atoms with Crippen LogP contribution in [-0.4, -0.2) is 38.0 Å². The molecule has 0 unspecified atom stereocenters. The predicted molar refractivity (Wildman–Crippen MR) is 47.2 cm³/mol. The topological polar surface area (TPSA) is 34.1 Å². The molecule has 0 aliphatic heterocycles. The van der Waals surface area contributed by atoms with Gasteiger partial charge in [-0.05, 0) is 12.1 Å². The molecule has 0 aliphatic rings. The summed E-state index contributed by atoms with van der Waals surface area (Å²) in [6.07, 6.45) is -4.62. The Hall–Kier alpha value is -0.0400. The molecule has 0 atom stereocenters. The van der Waals surface area contributed by atoms with Gasteiger partial charge in [-0.25, -0.2) is 8.42 Å². The SMILES string of the molecule is O=[SH](=O)c1ccccc1C(F)(F)F.[NaH]. The quantitative estimate of drug-likeness (QED) is 0.581. The molecule has 0 heterocycles. The number of hydrogen-bond donors (Lipinski definition) is 1. The third-order valence-electron chi connectivity index (χ3n) is 1.41. The zero-order valence-corrected chi connectivity index (χ0v) is 7.10. The normalized spacial score (nSPS) is 11.1. The van der Waals surface area contributed by atoms with Crippen molar-refractivity contribution in [1.82, 2.24) is 0 Å². The average molecular weight is 234 g/mol. The Labute approximate surface area is 102 Å². The number of rotatable bonds is 1. The molecule has 1 aromatic rings. The van der Waals surface area contributed by atoms with E-state index in [4.69, 9.17) is 0 Å². The van der Waals surface area contributed by atoms with Crippen molar-refractivity contribution in [1.29, 1.82) is 0 Å². The predicted octanol–water partition coefficient (Wildman–Crippen LogP) is 1.03. The second-order valence-corrected chi connectivity index (χ2v) is 3.27. The Morgan fingerprint density at radius 1 is 1.07 bits per heavy atom. The van der Waals surface area contributed by atoms with Crippen molar-refractivity contribution in [2.45, 2.75) is 11.1 Å². The van der Waals surface area contributed by atoms with Crippen LogP contribution in [0.25, 0.3) is 0 Å². The second-order valence-electron chi connectivity index (χ2n) is 2.27. The van der Waals surface area contributed by atoms with Gasteiger partial charge in [0.25, 0.3) is 0 Å². The van der Waals surface area contributed by atoms with E-state index in [1.807, 2.05) is 0 Å². The summed E-state index contributed by atoms with van der Waals surface area (Å²) in [5.41, 5.74) is -1.12. The van der Waals surface area contributed by atoms with Gasteiger partial charge >= 0.3 is 35.7 Å². The van der Waals surface area contributed by atoms with Gasteiger partial charge in [0.1, 0.15) is 0 Å². The maximum absolute atomic E-state index is 12.1. The number of halogens is 3. The molecule has 0 bridgehead atoms. The molecular formula is C7H6F3NaO2S. The fourth-order valence-corrected chi connectivity index (χ4v) is 1.48. The van der Waals surface area contributed by atoms with Gasteiger partial charge in [-0.2, -0.15) is 13.2 Å². The van der Waals surface area contributed by atoms with E-state index in [1.54, 1.807) is 0 Å². The van der Waals surface area contributed by atoms with Gasteiger partial charge < -0.3 is 0 Å². The Morgan fingerprint density at radius 2 is 1.57 bits per heavy atom. The summed E-state index contributed by atoms with van der Waals surface area (Å²) in [5.74, 6) is 0. The van der Waals surface area contributed by atoms with Gasteiger partial charge in [0.2, 0.25) is 0 Å². The van der Waals surface area contributed by atoms with E-state index in [2.05, 4.69) is 0 Å². The van der Waals surface area contributed by atoms with E-state index in [1.165, 1.54) is 6.07 Å². The van der Waals surface area contributed by atoms with Crippen LogP contribution in [0.15, 0.2) is 29.2 Å². The Kier molecular flexibility index (Phi) is 5.14. The van der Waals surface area contributed by atoms with E-state index in [0.29, 0.717) is 0 Å². The van der Waals surface area contributed by atoms with E-state index >= 15 is 0 Å². The summed E-state index contributed by atoms with van der Waals surface area (Å²) >= 11 is 0. The van der Waals surface area contributed by atoms with Crippen LogP contribution in [0, 0.1) is 0 Å². The summed E-state index contributed by atoms with van der Waals surface area (Å²) in [5, 5.41) is 0. The van der Waals surface area contributed by atoms with Gasteiger partial charge in [0.05, 0.1) is 10.5 Å². The van der Waals surface area contributed by atoms with E-state index in [0.717, 1.165) is 18.2 Å². The van der Waals surface area contributed by atoms with Crippen LogP contribution in [-0.2, 0) is 16.9 Å². The van der Waals surface area contributed by atoms with Crippen LogP contribution in [0.3, 0.4) is 0 Å². The molecule has 74 valence electrons. The van der Waals surface area contributed by atoms with Gasteiger partial charge in [0, 0.05) is 0 Å². The van der Waals surface area contributed by atoms with Crippen molar-refractivity contribution in [2.24, 2.45) is 0 Å². The Bertz CT molecular complexity index is 379. The molecular weight excluding hydrogens is 228 g/mol. The van der Waals surface area contributed by atoms with Gasteiger partial charge in [0.15, 0.2) is 10.7 Å². The van der Waals surface area contributed by atoms with Crippen LogP contribution in [0.5, 0.6) is 0 Å². The Morgan fingerprint density at radius 3 is 1.93 bits per heavy atom. The standard InChI is InChI=1S/C7H5F3O2S.Na.H/c8-7(9,10)5-3-1-2-4-6(5)13(11)12;;/h1-4,13H;;. The van der Waals surface area contributed by atoms with Crippen LogP contribution in [0.4, 0.5) is 13.2 Å². The van der Waals surface area contributed by atoms with Crippen molar-refractivity contribution in [3.63, 3.8) is 0 Å². The number of alkyl halides is 3. The summed E-state index contributed by atoms with van der Waals surface area (Å²) < 4.78 is 57.2. The fraction of sp³-hybridized carbons (Fsp3) is 0.143. The molecule has 0 N–H and O–H groups in total. The Balaban J connectivity index is 0.00000169. The third-order valence-corrected chi connectivity index (χ3v) is 2.19. The van der Waals surface area contributed by atoms with Gasteiger partial charge in [-0.3, -0.25) is 0 Å². The number of thiol groups is 1. The summed E-state index contributed by atoms with van der Waals surface area (Å²) in [4.78, 5) is -0.690. The van der Waals surface area contributed by atoms with Crippen LogP contribution < -0.4 is 0 Å². The van der Waals surface area contributed by atoms with Gasteiger partial charge in [-0.15, -0.1) is 0 Å². The van der Waals surface area contributed by atoms with Crippen molar-refractivity contribution < 1.29 is 21.6 Å². The first-order chi connectivity index (χ1) is 5.93. The number of benzene rings is 1. The molecule has 1 aromatic carbocycles. The molecule has 0 saturated heterocycles. The molecule has 0 radical (unpaired) electrons. The number of hydrogen-bond acceptors (Lipinski definition) is 2. The molecule has 14 heavy (non-hydrogen) atoms. The van der Waals surface area contributed by atoms with Crippen LogP contribution >= 0.6 is 0 Å². The molecule has 7 heteroatoms. The van der Waals surface area contributed by atoms with Crippen LogP contribution in [0.1, 0.15) is 5.56 Å². The molecule has 0 amide bonds. The van der Waals surface area contributed by atoms with Gasteiger partial charge in [-0.1, -0.05) is 12.1 Å². The summed E-state index contributed by atoms with van der Waals surface area (Å²) in [7, 11) is -3.20. The summed E-state index contributed by atoms with van der Waals surface area (Å²) in [6, 6.07) is 4.05. The molecule has 1 rings (SSSR count). The van der Waals surface area contributed by atoms with Crippen molar-refractivity contribution in [2.75, 3.05) is 0 Å². The minimum atomic E-state index is -4.62. The zero-order valence-electron chi connectivity index (χ0n) is 6.21. The molecule has 0 aliphatic carbocycles. The van der Waals surface area contributed by atoms with E-state index in [9.17, 15) is 21.6 Å². The first kappa shape index (κ1) is 14.0. The second kappa shape index (κ2) is 5.16. The molecule has 0 spiro atoms. The first-order valence-electron chi connectivity index (χ1n) is 3.23. The van der Waals surface area contributed by atoms with Crippen LogP contribution in [0.2, 0.25) is 0 Å². The molecule has 0 saturated carbocycles. The molecule has 0 fully saturated rings.